The molecule has 0 spiro atoms. The Morgan fingerprint density at radius 3 is 2.50 bits per heavy atom. The van der Waals surface area contributed by atoms with Gasteiger partial charge in [-0.3, -0.25) is 9.59 Å². The van der Waals surface area contributed by atoms with E-state index in [9.17, 15) is 9.59 Å². The average Bonchev–Trinajstić information content (AvgIpc) is 2.72. The molecule has 5 heteroatoms. The minimum atomic E-state index is -0.417. The Morgan fingerprint density at radius 1 is 0.929 bits per heavy atom. The first-order valence-corrected chi connectivity index (χ1v) is 9.30. The smallest absolute Gasteiger partial charge is 0.306 e. The van der Waals surface area contributed by atoms with E-state index in [2.05, 4.69) is 5.32 Å². The van der Waals surface area contributed by atoms with Crippen molar-refractivity contribution in [2.24, 2.45) is 0 Å². The molecule has 0 saturated carbocycles. The van der Waals surface area contributed by atoms with E-state index >= 15 is 0 Å². The molecule has 3 aromatic rings. The molecule has 1 amide bonds. The number of aryl methyl sites for hydroxylation is 1. The predicted octanol–water partition coefficient (Wildman–Crippen LogP) is 4.35. The maximum atomic E-state index is 12.1. The van der Waals surface area contributed by atoms with E-state index in [1.165, 1.54) is 0 Å². The van der Waals surface area contributed by atoms with E-state index in [1.807, 2.05) is 73.7 Å². The zero-order chi connectivity index (χ0) is 19.8. The first-order valence-electron chi connectivity index (χ1n) is 9.30. The fourth-order valence-corrected chi connectivity index (χ4v) is 2.93. The largest absolute Gasteiger partial charge is 0.494 e. The monoisotopic (exact) mass is 377 g/mol. The maximum absolute atomic E-state index is 12.1. The zero-order valence-corrected chi connectivity index (χ0v) is 15.8. The van der Waals surface area contributed by atoms with Crippen molar-refractivity contribution in [1.82, 2.24) is 0 Å². The van der Waals surface area contributed by atoms with Crippen LogP contribution in [-0.4, -0.2) is 25.1 Å². The Hall–Kier alpha value is -3.34. The van der Waals surface area contributed by atoms with Crippen LogP contribution in [0, 0.1) is 0 Å². The van der Waals surface area contributed by atoms with Crippen molar-refractivity contribution in [2.45, 2.75) is 19.8 Å². The lowest BCUT2D eigenvalue weighted by Crippen LogP contribution is -2.21. The van der Waals surface area contributed by atoms with Gasteiger partial charge < -0.3 is 14.8 Å². The normalized spacial score (nSPS) is 10.5. The van der Waals surface area contributed by atoms with Gasteiger partial charge in [0.05, 0.1) is 6.61 Å². The Labute approximate surface area is 164 Å². The Bertz CT molecular complexity index is 967. The number of para-hydroxylation sites is 1. The minimum absolute atomic E-state index is 0.188. The molecule has 0 aliphatic carbocycles. The number of rotatable bonds is 8. The third-order valence-corrected chi connectivity index (χ3v) is 4.27. The molecular formula is C23H23NO4. The molecule has 0 heterocycles. The Balaban J connectivity index is 1.47. The van der Waals surface area contributed by atoms with Crippen LogP contribution in [-0.2, 0) is 20.7 Å². The molecule has 0 bridgehead atoms. The number of amides is 1. The van der Waals surface area contributed by atoms with E-state index in [0.717, 1.165) is 22.1 Å². The summed E-state index contributed by atoms with van der Waals surface area (Å²) in [5.41, 5.74) is 1.62. The number of esters is 1. The van der Waals surface area contributed by atoms with Crippen LogP contribution < -0.4 is 10.1 Å². The van der Waals surface area contributed by atoms with Crippen LogP contribution in [0.1, 0.15) is 18.9 Å². The van der Waals surface area contributed by atoms with Gasteiger partial charge in [-0.25, -0.2) is 0 Å². The van der Waals surface area contributed by atoms with Crippen LogP contribution in [0.4, 0.5) is 5.69 Å². The van der Waals surface area contributed by atoms with Gasteiger partial charge in [-0.15, -0.1) is 0 Å². The van der Waals surface area contributed by atoms with Crippen molar-refractivity contribution in [1.29, 1.82) is 0 Å². The van der Waals surface area contributed by atoms with Crippen LogP contribution in [0.5, 0.6) is 5.75 Å². The second-order valence-electron chi connectivity index (χ2n) is 6.31. The standard InChI is InChI=1S/C23H23NO4/c1-2-27-21-10-6-5-8-18(21)12-14-23(26)28-16-22(25)24-20-13-11-17-7-3-4-9-19(17)15-20/h3-11,13,15H,2,12,14,16H2,1H3,(H,24,25). The lowest BCUT2D eigenvalue weighted by atomic mass is 10.1. The molecule has 0 aliphatic rings. The summed E-state index contributed by atoms with van der Waals surface area (Å²) in [5.74, 6) is -0.00911. The van der Waals surface area contributed by atoms with Crippen LogP contribution in [0.2, 0.25) is 0 Å². The topological polar surface area (TPSA) is 64.6 Å². The van der Waals surface area contributed by atoms with Gasteiger partial charge in [0.15, 0.2) is 6.61 Å². The average molecular weight is 377 g/mol. The number of anilines is 1. The third-order valence-electron chi connectivity index (χ3n) is 4.27. The molecule has 0 aromatic heterocycles. The van der Waals surface area contributed by atoms with Crippen LogP contribution in [0.15, 0.2) is 66.7 Å². The van der Waals surface area contributed by atoms with E-state index in [1.54, 1.807) is 0 Å². The van der Waals surface area contributed by atoms with E-state index in [0.29, 0.717) is 18.7 Å². The number of hydrogen-bond donors (Lipinski definition) is 1. The summed E-state index contributed by atoms with van der Waals surface area (Å²) in [5, 5.41) is 4.88. The van der Waals surface area contributed by atoms with Crippen molar-refractivity contribution in [2.75, 3.05) is 18.5 Å². The number of ether oxygens (including phenoxy) is 2. The predicted molar refractivity (Wildman–Crippen MR) is 109 cm³/mol. The van der Waals surface area contributed by atoms with Gasteiger partial charge in [-0.1, -0.05) is 48.5 Å². The van der Waals surface area contributed by atoms with Crippen LogP contribution >= 0.6 is 0 Å². The van der Waals surface area contributed by atoms with Gasteiger partial charge in [0.2, 0.25) is 0 Å². The molecule has 1 N–H and O–H groups in total. The number of fused-ring (bicyclic) bond motifs is 1. The lowest BCUT2D eigenvalue weighted by molar-refractivity contribution is -0.147. The highest BCUT2D eigenvalue weighted by Gasteiger charge is 2.10. The van der Waals surface area contributed by atoms with Crippen molar-refractivity contribution in [3.8, 4) is 5.75 Å². The Kier molecular flexibility index (Phi) is 6.63. The maximum Gasteiger partial charge on any atom is 0.306 e. The molecular weight excluding hydrogens is 354 g/mol. The quantitative estimate of drug-likeness (QED) is 0.593. The molecule has 0 atom stereocenters. The number of carbonyl (C=O) groups excluding carboxylic acids is 2. The van der Waals surface area contributed by atoms with Crippen molar-refractivity contribution in [3.05, 3.63) is 72.3 Å². The fraction of sp³-hybridized carbons (Fsp3) is 0.217. The molecule has 0 aliphatic heterocycles. The van der Waals surface area contributed by atoms with Crippen LogP contribution in [0.3, 0.4) is 0 Å². The van der Waals surface area contributed by atoms with Gasteiger partial charge >= 0.3 is 5.97 Å². The molecule has 0 fully saturated rings. The molecule has 144 valence electrons. The highest BCUT2D eigenvalue weighted by molar-refractivity contribution is 5.95. The molecule has 3 rings (SSSR count). The summed E-state index contributed by atoms with van der Waals surface area (Å²) < 4.78 is 10.6. The first-order chi connectivity index (χ1) is 13.7. The number of hydrogen-bond acceptors (Lipinski definition) is 4. The van der Waals surface area contributed by atoms with E-state index < -0.39 is 5.97 Å². The number of benzene rings is 3. The van der Waals surface area contributed by atoms with Gasteiger partial charge in [0.1, 0.15) is 5.75 Å². The van der Waals surface area contributed by atoms with E-state index in [-0.39, 0.29) is 18.9 Å². The highest BCUT2D eigenvalue weighted by atomic mass is 16.5. The lowest BCUT2D eigenvalue weighted by Gasteiger charge is -2.10. The Morgan fingerprint density at radius 2 is 1.68 bits per heavy atom. The molecule has 5 nitrogen and oxygen atoms in total. The highest BCUT2D eigenvalue weighted by Crippen LogP contribution is 2.20. The number of carbonyl (C=O) groups is 2. The fourth-order valence-electron chi connectivity index (χ4n) is 2.93. The summed E-state index contributed by atoms with van der Waals surface area (Å²) in [6.07, 6.45) is 0.689. The third kappa shape index (κ3) is 5.33. The van der Waals surface area contributed by atoms with Crippen LogP contribution in [0.25, 0.3) is 10.8 Å². The van der Waals surface area contributed by atoms with Crippen molar-refractivity contribution < 1.29 is 19.1 Å². The SMILES string of the molecule is CCOc1ccccc1CCC(=O)OCC(=O)Nc1ccc2ccccc2c1. The second-order valence-corrected chi connectivity index (χ2v) is 6.31. The number of nitrogens with one attached hydrogen (secondary N) is 1. The van der Waals surface area contributed by atoms with Gasteiger partial charge in [0, 0.05) is 12.1 Å². The van der Waals surface area contributed by atoms with E-state index in [4.69, 9.17) is 9.47 Å². The molecule has 0 unspecified atom stereocenters. The summed E-state index contributed by atoms with van der Waals surface area (Å²) >= 11 is 0. The molecule has 3 aromatic carbocycles. The molecule has 0 radical (unpaired) electrons. The summed E-state index contributed by atoms with van der Waals surface area (Å²) in [6, 6.07) is 21.1. The summed E-state index contributed by atoms with van der Waals surface area (Å²) in [4.78, 5) is 24.0. The first kappa shape index (κ1) is 19.4. The summed E-state index contributed by atoms with van der Waals surface area (Å²) in [6.45, 7) is 2.17. The van der Waals surface area contributed by atoms with Crippen molar-refractivity contribution in [3.63, 3.8) is 0 Å². The second kappa shape index (κ2) is 9.55. The minimum Gasteiger partial charge on any atom is -0.494 e. The van der Waals surface area contributed by atoms with Gasteiger partial charge in [0.25, 0.3) is 5.91 Å². The summed E-state index contributed by atoms with van der Waals surface area (Å²) in [7, 11) is 0. The van der Waals surface area contributed by atoms with Crippen molar-refractivity contribution >= 4 is 28.3 Å². The molecule has 0 saturated heterocycles. The van der Waals surface area contributed by atoms with Gasteiger partial charge in [-0.2, -0.15) is 0 Å². The van der Waals surface area contributed by atoms with Gasteiger partial charge in [-0.05, 0) is 47.9 Å². The molecule has 28 heavy (non-hydrogen) atoms. The zero-order valence-electron chi connectivity index (χ0n) is 15.8.